The first-order chi connectivity index (χ1) is 9.16. The number of imide groups is 1. The molecule has 5 heteroatoms. The molecule has 1 saturated carbocycles. The van der Waals surface area contributed by atoms with E-state index in [1.165, 1.54) is 38.5 Å². The lowest BCUT2D eigenvalue weighted by Gasteiger charge is -2.15. The second-order valence-electron chi connectivity index (χ2n) is 5.44. The minimum Gasteiger partial charge on any atom is -0.330 e. The molecule has 19 heavy (non-hydrogen) atoms. The van der Waals surface area contributed by atoms with Crippen LogP contribution >= 0.6 is 0 Å². The van der Waals surface area contributed by atoms with Crippen LogP contribution in [0.15, 0.2) is 0 Å². The van der Waals surface area contributed by atoms with Crippen LogP contribution in [-0.4, -0.2) is 22.8 Å². The first-order valence-corrected chi connectivity index (χ1v) is 7.23. The average Bonchev–Trinajstić information content (AvgIpc) is 2.64. The summed E-state index contributed by atoms with van der Waals surface area (Å²) >= 11 is 0. The summed E-state index contributed by atoms with van der Waals surface area (Å²) in [5.74, 6) is -0.700. The van der Waals surface area contributed by atoms with E-state index in [4.69, 9.17) is 4.84 Å². The molecule has 2 aliphatic rings. The molecular weight excluding hydrogens is 246 g/mol. The molecular formula is C14H21NO4. The number of carbonyl (C=O) groups is 3. The van der Waals surface area contributed by atoms with Gasteiger partial charge in [-0.1, -0.05) is 38.5 Å². The summed E-state index contributed by atoms with van der Waals surface area (Å²) in [6.45, 7) is 0. The van der Waals surface area contributed by atoms with Gasteiger partial charge in [0.1, 0.15) is 0 Å². The van der Waals surface area contributed by atoms with E-state index < -0.39 is 17.8 Å². The van der Waals surface area contributed by atoms with Crippen LogP contribution in [0.4, 0.5) is 0 Å². The zero-order valence-electron chi connectivity index (χ0n) is 11.2. The number of carbonyl (C=O) groups excluding carboxylic acids is 3. The Hall–Kier alpha value is -1.39. The van der Waals surface area contributed by atoms with Gasteiger partial charge in [-0.15, -0.1) is 5.06 Å². The molecule has 2 fully saturated rings. The lowest BCUT2D eigenvalue weighted by molar-refractivity contribution is -0.197. The molecule has 0 spiro atoms. The van der Waals surface area contributed by atoms with Crippen molar-refractivity contribution in [1.29, 1.82) is 0 Å². The van der Waals surface area contributed by atoms with Gasteiger partial charge in [0, 0.05) is 19.3 Å². The van der Waals surface area contributed by atoms with E-state index >= 15 is 0 Å². The number of hydroxylamine groups is 2. The minimum atomic E-state index is -0.465. The van der Waals surface area contributed by atoms with Crippen LogP contribution in [0.2, 0.25) is 0 Å². The van der Waals surface area contributed by atoms with Crippen molar-refractivity contribution in [1.82, 2.24) is 5.06 Å². The topological polar surface area (TPSA) is 63.7 Å². The van der Waals surface area contributed by atoms with Gasteiger partial charge in [-0.05, 0) is 12.3 Å². The van der Waals surface area contributed by atoms with E-state index in [2.05, 4.69) is 0 Å². The highest BCUT2D eigenvalue weighted by atomic mass is 16.7. The third-order valence-corrected chi connectivity index (χ3v) is 3.93. The first-order valence-electron chi connectivity index (χ1n) is 7.23. The quantitative estimate of drug-likeness (QED) is 0.579. The van der Waals surface area contributed by atoms with Crippen LogP contribution in [0.5, 0.6) is 0 Å². The number of hydrogen-bond donors (Lipinski definition) is 0. The van der Waals surface area contributed by atoms with E-state index in [1.54, 1.807) is 0 Å². The Balaban J connectivity index is 1.72. The second kappa shape index (κ2) is 6.68. The molecule has 0 atom stereocenters. The standard InChI is InChI=1S/C14H21NO4/c16-12-8-9-13(17)15(12)19-14(18)10-7-11-5-3-1-2-4-6-11/h11H,1-10H2. The molecule has 0 N–H and O–H groups in total. The Morgan fingerprint density at radius 3 is 2.21 bits per heavy atom. The molecule has 0 radical (unpaired) electrons. The van der Waals surface area contributed by atoms with Crippen molar-refractivity contribution in [3.05, 3.63) is 0 Å². The molecule has 106 valence electrons. The van der Waals surface area contributed by atoms with Gasteiger partial charge in [-0.3, -0.25) is 9.59 Å². The van der Waals surface area contributed by atoms with Crippen LogP contribution in [0.25, 0.3) is 0 Å². The summed E-state index contributed by atoms with van der Waals surface area (Å²) < 4.78 is 0. The molecule has 1 heterocycles. The third kappa shape index (κ3) is 4.04. The molecule has 0 bridgehead atoms. The van der Waals surface area contributed by atoms with Crippen molar-refractivity contribution in [3.8, 4) is 0 Å². The number of rotatable bonds is 4. The van der Waals surface area contributed by atoms with Crippen LogP contribution < -0.4 is 0 Å². The number of amides is 2. The Labute approximate surface area is 113 Å². The van der Waals surface area contributed by atoms with Gasteiger partial charge in [0.05, 0.1) is 0 Å². The molecule has 0 aromatic carbocycles. The Morgan fingerprint density at radius 2 is 1.63 bits per heavy atom. The van der Waals surface area contributed by atoms with Gasteiger partial charge >= 0.3 is 5.97 Å². The maximum atomic E-state index is 11.7. The van der Waals surface area contributed by atoms with Crippen LogP contribution in [0, 0.1) is 5.92 Å². The summed E-state index contributed by atoms with van der Waals surface area (Å²) in [7, 11) is 0. The summed E-state index contributed by atoms with van der Waals surface area (Å²) in [5, 5.41) is 0.634. The van der Waals surface area contributed by atoms with E-state index in [9.17, 15) is 14.4 Å². The zero-order chi connectivity index (χ0) is 13.7. The summed E-state index contributed by atoms with van der Waals surface area (Å²) in [5.41, 5.74) is 0. The van der Waals surface area contributed by atoms with Crippen molar-refractivity contribution in [2.75, 3.05) is 0 Å². The monoisotopic (exact) mass is 267 g/mol. The van der Waals surface area contributed by atoms with E-state index in [0.29, 0.717) is 17.4 Å². The number of nitrogens with zero attached hydrogens (tertiary/aromatic N) is 1. The van der Waals surface area contributed by atoms with Crippen LogP contribution in [0.3, 0.4) is 0 Å². The molecule has 2 amide bonds. The fraction of sp³-hybridized carbons (Fsp3) is 0.786. The second-order valence-corrected chi connectivity index (χ2v) is 5.44. The van der Waals surface area contributed by atoms with E-state index in [-0.39, 0.29) is 12.8 Å². The normalized spacial score (nSPS) is 21.6. The Kier molecular flexibility index (Phi) is 4.93. The van der Waals surface area contributed by atoms with Gasteiger partial charge < -0.3 is 4.84 Å². The van der Waals surface area contributed by atoms with Gasteiger partial charge in [-0.25, -0.2) is 4.79 Å². The summed E-state index contributed by atoms with van der Waals surface area (Å²) in [4.78, 5) is 39.1. The minimum absolute atomic E-state index is 0.148. The van der Waals surface area contributed by atoms with Crippen LogP contribution in [0.1, 0.15) is 64.2 Å². The number of hydrogen-bond acceptors (Lipinski definition) is 4. The van der Waals surface area contributed by atoms with Crippen molar-refractivity contribution in [3.63, 3.8) is 0 Å². The van der Waals surface area contributed by atoms with Gasteiger partial charge in [0.2, 0.25) is 0 Å². The average molecular weight is 267 g/mol. The molecule has 0 aromatic rings. The first kappa shape index (κ1) is 14.0. The molecule has 1 aliphatic carbocycles. The highest BCUT2D eigenvalue weighted by Gasteiger charge is 2.32. The molecule has 0 aromatic heterocycles. The molecule has 0 unspecified atom stereocenters. The fourth-order valence-electron chi connectivity index (χ4n) is 2.78. The predicted octanol–water partition coefficient (Wildman–Crippen LogP) is 2.34. The van der Waals surface area contributed by atoms with E-state index in [0.717, 1.165) is 6.42 Å². The Morgan fingerprint density at radius 1 is 1.05 bits per heavy atom. The smallest absolute Gasteiger partial charge is 0.330 e. The Bertz CT molecular complexity index is 342. The van der Waals surface area contributed by atoms with E-state index in [1.807, 2.05) is 0 Å². The largest absolute Gasteiger partial charge is 0.333 e. The zero-order valence-corrected chi connectivity index (χ0v) is 11.2. The lowest BCUT2D eigenvalue weighted by Crippen LogP contribution is -2.32. The SMILES string of the molecule is O=C(CCC1CCCCCC1)ON1C(=O)CCC1=O. The fourth-order valence-corrected chi connectivity index (χ4v) is 2.78. The molecule has 5 nitrogen and oxygen atoms in total. The van der Waals surface area contributed by atoms with Crippen molar-refractivity contribution < 1.29 is 19.2 Å². The van der Waals surface area contributed by atoms with Crippen LogP contribution in [-0.2, 0) is 19.2 Å². The van der Waals surface area contributed by atoms with Crippen molar-refractivity contribution >= 4 is 17.8 Å². The predicted molar refractivity (Wildman–Crippen MR) is 67.6 cm³/mol. The molecule has 1 aliphatic heterocycles. The highest BCUT2D eigenvalue weighted by molar-refractivity contribution is 6.01. The summed E-state index contributed by atoms with van der Waals surface area (Å²) in [6, 6.07) is 0. The molecule has 2 rings (SSSR count). The maximum Gasteiger partial charge on any atom is 0.333 e. The van der Waals surface area contributed by atoms with Gasteiger partial charge in [-0.2, -0.15) is 0 Å². The maximum absolute atomic E-state index is 11.7. The third-order valence-electron chi connectivity index (χ3n) is 3.93. The van der Waals surface area contributed by atoms with Gasteiger partial charge in [0.15, 0.2) is 0 Å². The lowest BCUT2D eigenvalue weighted by atomic mass is 9.95. The van der Waals surface area contributed by atoms with Crippen molar-refractivity contribution in [2.24, 2.45) is 5.92 Å². The van der Waals surface area contributed by atoms with Crippen molar-refractivity contribution in [2.45, 2.75) is 64.2 Å². The summed E-state index contributed by atoms with van der Waals surface area (Å²) in [6.07, 6.45) is 8.80. The van der Waals surface area contributed by atoms with Gasteiger partial charge in [0.25, 0.3) is 11.8 Å². The molecule has 1 saturated heterocycles. The highest BCUT2D eigenvalue weighted by Crippen LogP contribution is 2.26.